The zero-order chi connectivity index (χ0) is 16.4. The lowest BCUT2D eigenvalue weighted by Gasteiger charge is -2.10. The van der Waals surface area contributed by atoms with E-state index in [1.165, 1.54) is 6.20 Å². The van der Waals surface area contributed by atoms with Crippen LogP contribution in [0.25, 0.3) is 10.9 Å². The van der Waals surface area contributed by atoms with E-state index >= 15 is 0 Å². The van der Waals surface area contributed by atoms with E-state index in [9.17, 15) is 4.79 Å². The Balaban J connectivity index is 1.96. The average Bonchev–Trinajstić information content (AvgIpc) is 2.88. The molecule has 3 aromatic rings. The monoisotopic (exact) mass is 330 g/mol. The van der Waals surface area contributed by atoms with Crippen molar-refractivity contribution in [3.63, 3.8) is 0 Å². The molecule has 6 nitrogen and oxygen atoms in total. The fraction of sp³-hybridized carbons (Fsp3) is 0.188. The number of carbonyl (C=O) groups is 1. The molecular formula is C16H15ClN4O2. The maximum absolute atomic E-state index is 12.0. The zero-order valence-corrected chi connectivity index (χ0v) is 13.2. The fourth-order valence-electron chi connectivity index (χ4n) is 2.36. The van der Waals surface area contributed by atoms with E-state index < -0.39 is 5.97 Å². The standard InChI is InChI=1S/C16H15ClN4O2/c1-2-23-15(22)14-8-20-16(18)21(14)9-10-3-4-13-11(5-10)6-12(17)7-19-13/h3-8H,2,9H2,1H3,(H2,18,20). The number of nitrogens with two attached hydrogens (primary N) is 1. The molecular weight excluding hydrogens is 316 g/mol. The lowest BCUT2D eigenvalue weighted by Crippen LogP contribution is -2.14. The van der Waals surface area contributed by atoms with Gasteiger partial charge < -0.3 is 15.0 Å². The third kappa shape index (κ3) is 3.12. The third-order valence-corrected chi connectivity index (χ3v) is 3.63. The van der Waals surface area contributed by atoms with Gasteiger partial charge in [0, 0.05) is 11.6 Å². The zero-order valence-electron chi connectivity index (χ0n) is 12.5. The van der Waals surface area contributed by atoms with Crippen LogP contribution < -0.4 is 5.73 Å². The minimum atomic E-state index is -0.442. The molecule has 0 saturated heterocycles. The molecule has 0 aliphatic rings. The van der Waals surface area contributed by atoms with Crippen LogP contribution in [0, 0.1) is 0 Å². The summed E-state index contributed by atoms with van der Waals surface area (Å²) >= 11 is 5.98. The predicted molar refractivity (Wildman–Crippen MR) is 88.5 cm³/mol. The van der Waals surface area contributed by atoms with Gasteiger partial charge >= 0.3 is 5.97 Å². The van der Waals surface area contributed by atoms with Gasteiger partial charge in [-0.3, -0.25) is 4.98 Å². The van der Waals surface area contributed by atoms with Crippen LogP contribution >= 0.6 is 11.6 Å². The molecule has 0 radical (unpaired) electrons. The van der Waals surface area contributed by atoms with Crippen molar-refractivity contribution >= 4 is 34.4 Å². The van der Waals surface area contributed by atoms with Crippen molar-refractivity contribution < 1.29 is 9.53 Å². The first-order chi connectivity index (χ1) is 11.1. The molecule has 0 atom stereocenters. The van der Waals surface area contributed by atoms with E-state index in [2.05, 4.69) is 9.97 Å². The van der Waals surface area contributed by atoms with Crippen molar-refractivity contribution in [2.75, 3.05) is 12.3 Å². The molecule has 7 heteroatoms. The molecule has 118 valence electrons. The van der Waals surface area contributed by atoms with Crippen molar-refractivity contribution in [2.45, 2.75) is 13.5 Å². The number of halogens is 1. The summed E-state index contributed by atoms with van der Waals surface area (Å²) in [5.74, 6) is -0.181. The van der Waals surface area contributed by atoms with Crippen LogP contribution in [-0.4, -0.2) is 27.1 Å². The Hall–Kier alpha value is -2.60. The number of ether oxygens (including phenoxy) is 1. The van der Waals surface area contributed by atoms with Crippen molar-refractivity contribution in [2.24, 2.45) is 0 Å². The van der Waals surface area contributed by atoms with E-state index in [-0.39, 0.29) is 5.95 Å². The van der Waals surface area contributed by atoms with Gasteiger partial charge in [0.2, 0.25) is 5.95 Å². The van der Waals surface area contributed by atoms with Gasteiger partial charge in [-0.2, -0.15) is 0 Å². The van der Waals surface area contributed by atoms with E-state index in [1.807, 2.05) is 24.3 Å². The largest absolute Gasteiger partial charge is 0.461 e. The fourth-order valence-corrected chi connectivity index (χ4v) is 2.53. The predicted octanol–water partition coefficient (Wildman–Crippen LogP) is 2.89. The molecule has 0 saturated carbocycles. The molecule has 0 amide bonds. The van der Waals surface area contributed by atoms with Crippen LogP contribution in [0.1, 0.15) is 23.0 Å². The second kappa shape index (κ2) is 6.26. The van der Waals surface area contributed by atoms with Gasteiger partial charge in [0.25, 0.3) is 0 Å². The molecule has 2 aromatic heterocycles. The number of nitrogens with zero attached hydrogens (tertiary/aromatic N) is 3. The highest BCUT2D eigenvalue weighted by molar-refractivity contribution is 6.31. The van der Waals surface area contributed by atoms with Gasteiger partial charge in [0.05, 0.1) is 29.9 Å². The minimum Gasteiger partial charge on any atom is -0.461 e. The van der Waals surface area contributed by atoms with Crippen molar-refractivity contribution in [1.29, 1.82) is 0 Å². The van der Waals surface area contributed by atoms with E-state index in [1.54, 1.807) is 17.7 Å². The molecule has 0 bridgehead atoms. The number of carbonyl (C=O) groups excluding carboxylic acids is 1. The first-order valence-electron chi connectivity index (χ1n) is 7.11. The van der Waals surface area contributed by atoms with Gasteiger partial charge in [-0.1, -0.05) is 17.7 Å². The molecule has 0 fully saturated rings. The lowest BCUT2D eigenvalue weighted by atomic mass is 10.1. The van der Waals surface area contributed by atoms with Crippen molar-refractivity contribution in [3.05, 3.63) is 52.9 Å². The second-order valence-corrected chi connectivity index (χ2v) is 5.43. The highest BCUT2D eigenvalue weighted by Crippen LogP contribution is 2.20. The first kappa shape index (κ1) is 15.3. The summed E-state index contributed by atoms with van der Waals surface area (Å²) in [6.45, 7) is 2.45. The summed E-state index contributed by atoms with van der Waals surface area (Å²) < 4.78 is 6.64. The Bertz CT molecular complexity index is 876. The third-order valence-electron chi connectivity index (χ3n) is 3.42. The van der Waals surface area contributed by atoms with Gasteiger partial charge in [-0.05, 0) is 30.7 Å². The number of anilines is 1. The molecule has 3 rings (SSSR count). The molecule has 0 aliphatic carbocycles. The van der Waals surface area contributed by atoms with E-state index in [0.717, 1.165) is 16.5 Å². The highest BCUT2D eigenvalue weighted by atomic mass is 35.5. The summed E-state index contributed by atoms with van der Waals surface area (Å²) in [7, 11) is 0. The number of benzene rings is 1. The van der Waals surface area contributed by atoms with Crippen LogP contribution in [0.2, 0.25) is 5.02 Å². The minimum absolute atomic E-state index is 0.261. The maximum atomic E-state index is 12.0. The molecule has 0 aliphatic heterocycles. The topological polar surface area (TPSA) is 83.0 Å². The van der Waals surface area contributed by atoms with E-state index in [0.29, 0.717) is 23.9 Å². The first-order valence-corrected chi connectivity index (χ1v) is 7.48. The normalized spacial score (nSPS) is 10.9. The summed E-state index contributed by atoms with van der Waals surface area (Å²) in [4.78, 5) is 20.2. The molecule has 2 N–H and O–H groups in total. The van der Waals surface area contributed by atoms with Gasteiger partial charge in [0.15, 0.2) is 0 Å². The Morgan fingerprint density at radius 3 is 2.91 bits per heavy atom. The van der Waals surface area contributed by atoms with Gasteiger partial charge in [-0.15, -0.1) is 0 Å². The Labute approximate surface area is 137 Å². The van der Waals surface area contributed by atoms with Crippen molar-refractivity contribution in [3.8, 4) is 0 Å². The Kier molecular flexibility index (Phi) is 4.16. The van der Waals surface area contributed by atoms with Crippen LogP contribution in [0.4, 0.5) is 5.95 Å². The number of pyridine rings is 1. The average molecular weight is 331 g/mol. The summed E-state index contributed by atoms with van der Waals surface area (Å²) in [5.41, 5.74) is 8.00. The number of rotatable bonds is 4. The van der Waals surface area contributed by atoms with Crippen LogP contribution in [0.3, 0.4) is 0 Å². The smallest absolute Gasteiger partial charge is 0.356 e. The lowest BCUT2D eigenvalue weighted by molar-refractivity contribution is 0.0514. The summed E-state index contributed by atoms with van der Waals surface area (Å²) in [6, 6.07) is 7.63. The summed E-state index contributed by atoms with van der Waals surface area (Å²) in [6.07, 6.45) is 3.03. The van der Waals surface area contributed by atoms with Gasteiger partial charge in [0.1, 0.15) is 5.69 Å². The number of nitrogen functional groups attached to an aromatic ring is 1. The van der Waals surface area contributed by atoms with Crippen molar-refractivity contribution in [1.82, 2.24) is 14.5 Å². The highest BCUT2D eigenvalue weighted by Gasteiger charge is 2.16. The molecule has 2 heterocycles. The molecule has 23 heavy (non-hydrogen) atoms. The van der Waals surface area contributed by atoms with Crippen LogP contribution in [-0.2, 0) is 11.3 Å². The molecule has 1 aromatic carbocycles. The number of imidazole rings is 1. The number of hydrogen-bond donors (Lipinski definition) is 1. The Morgan fingerprint density at radius 2 is 2.13 bits per heavy atom. The SMILES string of the molecule is CCOC(=O)c1cnc(N)n1Cc1ccc2ncc(Cl)cc2c1. The molecule has 0 unspecified atom stereocenters. The second-order valence-electron chi connectivity index (χ2n) is 4.99. The number of aromatic nitrogens is 3. The van der Waals surface area contributed by atoms with Crippen LogP contribution in [0.5, 0.6) is 0 Å². The Morgan fingerprint density at radius 1 is 1.30 bits per heavy atom. The maximum Gasteiger partial charge on any atom is 0.356 e. The summed E-state index contributed by atoms with van der Waals surface area (Å²) in [5, 5.41) is 1.50. The number of hydrogen-bond acceptors (Lipinski definition) is 5. The molecule has 0 spiro atoms. The number of fused-ring (bicyclic) bond motifs is 1. The van der Waals surface area contributed by atoms with Crippen LogP contribution in [0.15, 0.2) is 36.7 Å². The quantitative estimate of drug-likeness (QED) is 0.744. The number of esters is 1. The van der Waals surface area contributed by atoms with Gasteiger partial charge in [-0.25, -0.2) is 9.78 Å². The van der Waals surface area contributed by atoms with E-state index in [4.69, 9.17) is 22.1 Å².